The molecule has 0 saturated carbocycles. The predicted molar refractivity (Wildman–Crippen MR) is 67.4 cm³/mol. The summed E-state index contributed by atoms with van der Waals surface area (Å²) in [5.74, 6) is 4.42. The molecule has 3 N–H and O–H groups in total. The van der Waals surface area contributed by atoms with Gasteiger partial charge in [-0.2, -0.15) is 13.2 Å². The Labute approximate surface area is 116 Å². The van der Waals surface area contributed by atoms with E-state index >= 15 is 0 Å². The van der Waals surface area contributed by atoms with Crippen LogP contribution in [0.1, 0.15) is 17.3 Å². The molecule has 0 radical (unpaired) electrons. The predicted octanol–water partition coefficient (Wildman–Crippen LogP) is 2.15. The van der Waals surface area contributed by atoms with Gasteiger partial charge in [-0.1, -0.05) is 0 Å². The lowest BCUT2D eigenvalue weighted by Crippen LogP contribution is -2.39. The van der Waals surface area contributed by atoms with Crippen LogP contribution in [0, 0.1) is 0 Å². The molecule has 106 valence electrons. The molecular formula is C10H12BrF3N4O. The van der Waals surface area contributed by atoms with Crippen molar-refractivity contribution in [1.82, 2.24) is 9.88 Å². The molecular weight excluding hydrogens is 329 g/mol. The van der Waals surface area contributed by atoms with Gasteiger partial charge >= 0.3 is 6.18 Å². The van der Waals surface area contributed by atoms with Crippen LogP contribution in [-0.4, -0.2) is 35.1 Å². The van der Waals surface area contributed by atoms with Gasteiger partial charge < -0.3 is 10.3 Å². The van der Waals surface area contributed by atoms with Gasteiger partial charge in [-0.15, -0.1) is 0 Å². The van der Waals surface area contributed by atoms with E-state index in [9.17, 15) is 18.0 Å². The second-order valence-corrected chi connectivity index (χ2v) is 4.54. The Morgan fingerprint density at radius 2 is 2.21 bits per heavy atom. The Morgan fingerprint density at radius 1 is 1.58 bits per heavy atom. The second-order valence-electron chi connectivity index (χ2n) is 3.63. The zero-order chi connectivity index (χ0) is 14.6. The van der Waals surface area contributed by atoms with Crippen LogP contribution in [0.25, 0.3) is 0 Å². The van der Waals surface area contributed by atoms with E-state index in [1.165, 1.54) is 19.2 Å². The molecule has 0 unspecified atom stereocenters. The Bertz CT molecular complexity index is 467. The van der Waals surface area contributed by atoms with Gasteiger partial charge in [-0.25, -0.2) is 10.8 Å². The summed E-state index contributed by atoms with van der Waals surface area (Å²) in [6.07, 6.45) is -3.08. The molecule has 1 aromatic rings. The van der Waals surface area contributed by atoms with Crippen LogP contribution in [0.5, 0.6) is 0 Å². The number of carbonyl (C=O) groups excluding carboxylic acids is 1. The molecule has 0 fully saturated rings. The summed E-state index contributed by atoms with van der Waals surface area (Å²) in [6, 6.07) is 1.36. The molecule has 5 nitrogen and oxygen atoms in total. The summed E-state index contributed by atoms with van der Waals surface area (Å²) in [7, 11) is 0. The van der Waals surface area contributed by atoms with E-state index in [0.29, 0.717) is 9.37 Å². The van der Waals surface area contributed by atoms with Crippen molar-refractivity contribution in [2.45, 2.75) is 13.1 Å². The molecule has 9 heteroatoms. The molecule has 1 aromatic heterocycles. The number of hydrazine groups is 1. The number of hydrogen-bond donors (Lipinski definition) is 2. The molecule has 1 rings (SSSR count). The third kappa shape index (κ3) is 4.35. The lowest BCUT2D eigenvalue weighted by atomic mass is 10.2. The molecule has 0 atom stereocenters. The molecule has 0 bridgehead atoms. The summed E-state index contributed by atoms with van der Waals surface area (Å²) in [5.41, 5.74) is 2.16. The quantitative estimate of drug-likeness (QED) is 0.650. The summed E-state index contributed by atoms with van der Waals surface area (Å²) < 4.78 is 37.6. The lowest BCUT2D eigenvalue weighted by Gasteiger charge is -2.23. The SMILES string of the molecule is CCN(CC(F)(F)F)C(=O)c1cc(Br)cnc1NN. The molecule has 0 aliphatic heterocycles. The Morgan fingerprint density at radius 3 is 2.68 bits per heavy atom. The summed E-state index contributed by atoms with van der Waals surface area (Å²) in [6.45, 7) is 0.0678. The molecule has 0 aromatic carbocycles. The lowest BCUT2D eigenvalue weighted by molar-refractivity contribution is -0.140. The maximum Gasteiger partial charge on any atom is 0.406 e. The smallest absolute Gasteiger partial charge is 0.330 e. The molecule has 0 aliphatic rings. The highest BCUT2D eigenvalue weighted by molar-refractivity contribution is 9.10. The Hall–Kier alpha value is -1.35. The van der Waals surface area contributed by atoms with Gasteiger partial charge in [0.1, 0.15) is 6.54 Å². The second kappa shape index (κ2) is 6.20. The number of rotatable bonds is 4. The fraction of sp³-hybridized carbons (Fsp3) is 0.400. The van der Waals surface area contributed by atoms with Crippen LogP contribution in [0.2, 0.25) is 0 Å². The van der Waals surface area contributed by atoms with Gasteiger partial charge in [-0.05, 0) is 28.9 Å². The van der Waals surface area contributed by atoms with E-state index in [0.717, 1.165) is 0 Å². The zero-order valence-corrected chi connectivity index (χ0v) is 11.5. The van der Waals surface area contributed by atoms with E-state index in [-0.39, 0.29) is 17.9 Å². The minimum Gasteiger partial charge on any atom is -0.330 e. The van der Waals surface area contributed by atoms with E-state index in [1.54, 1.807) is 0 Å². The molecule has 0 saturated heterocycles. The molecule has 1 amide bonds. The van der Waals surface area contributed by atoms with Crippen LogP contribution in [0.4, 0.5) is 19.0 Å². The molecule has 0 spiro atoms. The van der Waals surface area contributed by atoms with Crippen molar-refractivity contribution in [2.75, 3.05) is 18.5 Å². The van der Waals surface area contributed by atoms with Gasteiger partial charge in [0, 0.05) is 17.2 Å². The van der Waals surface area contributed by atoms with Crippen molar-refractivity contribution in [1.29, 1.82) is 0 Å². The highest BCUT2D eigenvalue weighted by atomic mass is 79.9. The first-order valence-corrected chi connectivity index (χ1v) is 6.06. The van der Waals surface area contributed by atoms with E-state index in [1.807, 2.05) is 0 Å². The van der Waals surface area contributed by atoms with Crippen molar-refractivity contribution in [2.24, 2.45) is 5.84 Å². The number of carbonyl (C=O) groups is 1. The summed E-state index contributed by atoms with van der Waals surface area (Å²) in [5, 5.41) is 0. The first-order chi connectivity index (χ1) is 8.78. The monoisotopic (exact) mass is 340 g/mol. The van der Waals surface area contributed by atoms with Crippen molar-refractivity contribution in [3.63, 3.8) is 0 Å². The van der Waals surface area contributed by atoms with Crippen LogP contribution >= 0.6 is 15.9 Å². The van der Waals surface area contributed by atoms with Gasteiger partial charge in [0.05, 0.1) is 5.56 Å². The van der Waals surface area contributed by atoms with Crippen LogP contribution in [-0.2, 0) is 0 Å². The van der Waals surface area contributed by atoms with Crippen molar-refractivity contribution >= 4 is 27.7 Å². The normalized spacial score (nSPS) is 11.3. The highest BCUT2D eigenvalue weighted by Crippen LogP contribution is 2.22. The highest BCUT2D eigenvalue weighted by Gasteiger charge is 2.33. The fourth-order valence-corrected chi connectivity index (χ4v) is 1.76. The number of nitrogen functional groups attached to an aromatic ring is 1. The molecule has 19 heavy (non-hydrogen) atoms. The minimum absolute atomic E-state index is 0.0221. The largest absolute Gasteiger partial charge is 0.406 e. The average molecular weight is 341 g/mol. The fourth-order valence-electron chi connectivity index (χ4n) is 1.43. The maximum absolute atomic E-state index is 12.4. The standard InChI is InChI=1S/C10H12BrF3N4O/c1-2-18(5-10(12,13)14)9(19)7-3-6(11)4-16-8(7)17-15/h3-4H,2,5,15H2,1H3,(H,16,17). The number of anilines is 1. The maximum atomic E-state index is 12.4. The first-order valence-electron chi connectivity index (χ1n) is 5.26. The topological polar surface area (TPSA) is 71.2 Å². The van der Waals surface area contributed by atoms with Crippen molar-refractivity contribution in [3.8, 4) is 0 Å². The van der Waals surface area contributed by atoms with Gasteiger partial charge in [-0.3, -0.25) is 4.79 Å². The van der Waals surface area contributed by atoms with Crippen LogP contribution in [0.15, 0.2) is 16.7 Å². The number of alkyl halides is 3. The van der Waals surface area contributed by atoms with Crippen molar-refractivity contribution < 1.29 is 18.0 Å². The van der Waals surface area contributed by atoms with Crippen molar-refractivity contribution in [3.05, 3.63) is 22.3 Å². The number of amides is 1. The minimum atomic E-state index is -4.46. The van der Waals surface area contributed by atoms with Gasteiger partial charge in [0.15, 0.2) is 5.82 Å². The Kier molecular flexibility index (Phi) is 5.12. The number of halogens is 4. The van der Waals surface area contributed by atoms with Gasteiger partial charge in [0.2, 0.25) is 0 Å². The zero-order valence-electron chi connectivity index (χ0n) is 9.96. The number of nitrogens with one attached hydrogen (secondary N) is 1. The number of aromatic nitrogens is 1. The number of nitrogens with zero attached hydrogens (tertiary/aromatic N) is 2. The molecule has 0 aliphatic carbocycles. The summed E-state index contributed by atoms with van der Waals surface area (Å²) >= 11 is 3.10. The Balaban J connectivity index is 3.06. The number of pyridine rings is 1. The van der Waals surface area contributed by atoms with E-state index in [4.69, 9.17) is 5.84 Å². The number of hydrogen-bond acceptors (Lipinski definition) is 4. The third-order valence-corrected chi connectivity index (χ3v) is 2.69. The molecule has 1 heterocycles. The first kappa shape index (κ1) is 15.7. The van der Waals surface area contributed by atoms with Gasteiger partial charge in [0.25, 0.3) is 5.91 Å². The summed E-state index contributed by atoms with van der Waals surface area (Å²) in [4.78, 5) is 16.5. The number of nitrogens with two attached hydrogens (primary N) is 1. The van der Waals surface area contributed by atoms with E-state index < -0.39 is 18.6 Å². The van der Waals surface area contributed by atoms with Crippen LogP contribution in [0.3, 0.4) is 0 Å². The average Bonchev–Trinajstić information content (AvgIpc) is 2.34. The van der Waals surface area contributed by atoms with Crippen LogP contribution < -0.4 is 11.3 Å². The van der Waals surface area contributed by atoms with E-state index in [2.05, 4.69) is 26.3 Å². The third-order valence-electron chi connectivity index (χ3n) is 2.26.